The molecule has 1 amide bonds. The summed E-state index contributed by atoms with van der Waals surface area (Å²) in [5.74, 6) is 1.49. The summed E-state index contributed by atoms with van der Waals surface area (Å²) >= 11 is 3.38. The van der Waals surface area contributed by atoms with Crippen molar-refractivity contribution in [2.24, 2.45) is 0 Å². The summed E-state index contributed by atoms with van der Waals surface area (Å²) < 4.78 is 17.0. The highest BCUT2D eigenvalue weighted by Crippen LogP contribution is 2.25. The average molecular weight is 417 g/mol. The molecule has 0 unspecified atom stereocenters. The number of halogens is 1. The Bertz CT molecular complexity index is 877. The fourth-order valence-electron chi connectivity index (χ4n) is 2.29. The molecule has 2 aromatic carbocycles. The van der Waals surface area contributed by atoms with E-state index in [1.807, 2.05) is 48.5 Å². The van der Waals surface area contributed by atoms with Crippen molar-refractivity contribution in [2.45, 2.75) is 0 Å². The van der Waals surface area contributed by atoms with Crippen LogP contribution in [0.1, 0.15) is 10.5 Å². The maximum atomic E-state index is 12.2. The third kappa shape index (κ3) is 4.43. The lowest BCUT2D eigenvalue weighted by atomic mass is 10.1. The molecule has 0 spiro atoms. The molecule has 0 radical (unpaired) electrons. The van der Waals surface area contributed by atoms with Crippen LogP contribution >= 0.6 is 15.9 Å². The minimum Gasteiger partial charge on any atom is -0.493 e. The highest BCUT2D eigenvalue weighted by molar-refractivity contribution is 9.10. The predicted molar refractivity (Wildman–Crippen MR) is 100 cm³/mol. The van der Waals surface area contributed by atoms with E-state index < -0.39 is 0 Å². The Hall–Kier alpha value is -2.80. The normalized spacial score (nSPS) is 10.4. The quantitative estimate of drug-likeness (QED) is 0.590. The average Bonchev–Trinajstić information content (AvgIpc) is 3.16. The number of carbonyl (C=O) groups excluding carboxylic acids is 1. The number of carbonyl (C=O) groups is 1. The van der Waals surface area contributed by atoms with Gasteiger partial charge in [0.1, 0.15) is 6.61 Å². The summed E-state index contributed by atoms with van der Waals surface area (Å²) in [6.07, 6.45) is 0. The topological polar surface area (TPSA) is 73.6 Å². The fraction of sp³-hybridized carbons (Fsp3) is 0.158. The van der Waals surface area contributed by atoms with E-state index in [-0.39, 0.29) is 11.6 Å². The third-order valence-electron chi connectivity index (χ3n) is 3.59. The van der Waals surface area contributed by atoms with Crippen LogP contribution in [0, 0.1) is 0 Å². The SMILES string of the molecule is COc1ccccc1OCCNC(=O)c1cc(-c2ccc(Br)cc2)on1. The van der Waals surface area contributed by atoms with E-state index in [0.717, 1.165) is 10.0 Å². The maximum Gasteiger partial charge on any atom is 0.273 e. The Balaban J connectivity index is 1.52. The number of rotatable bonds is 7. The number of hydrogen-bond acceptors (Lipinski definition) is 5. The Kier molecular flexibility index (Phi) is 5.91. The van der Waals surface area contributed by atoms with Crippen LogP contribution in [0.3, 0.4) is 0 Å². The first-order valence-corrected chi connectivity index (χ1v) is 8.73. The summed E-state index contributed by atoms with van der Waals surface area (Å²) in [6, 6.07) is 16.5. The molecule has 0 aliphatic carbocycles. The number of ether oxygens (including phenoxy) is 2. The van der Waals surface area contributed by atoms with Crippen LogP contribution in [-0.4, -0.2) is 31.3 Å². The van der Waals surface area contributed by atoms with Gasteiger partial charge in [-0.15, -0.1) is 0 Å². The zero-order valence-corrected chi connectivity index (χ0v) is 15.7. The van der Waals surface area contributed by atoms with Gasteiger partial charge in [0.05, 0.1) is 13.7 Å². The van der Waals surface area contributed by atoms with E-state index in [4.69, 9.17) is 14.0 Å². The number of amides is 1. The largest absolute Gasteiger partial charge is 0.493 e. The highest BCUT2D eigenvalue weighted by atomic mass is 79.9. The molecule has 1 N–H and O–H groups in total. The lowest BCUT2D eigenvalue weighted by Crippen LogP contribution is -2.28. The van der Waals surface area contributed by atoms with Crippen molar-refractivity contribution in [2.75, 3.05) is 20.3 Å². The van der Waals surface area contributed by atoms with Crippen LogP contribution < -0.4 is 14.8 Å². The lowest BCUT2D eigenvalue weighted by molar-refractivity contribution is 0.0938. The second-order valence-electron chi connectivity index (χ2n) is 5.34. The minimum absolute atomic E-state index is 0.222. The molecule has 3 aromatic rings. The molecule has 1 aromatic heterocycles. The van der Waals surface area contributed by atoms with Crippen molar-refractivity contribution >= 4 is 21.8 Å². The first-order chi connectivity index (χ1) is 12.7. The van der Waals surface area contributed by atoms with Crippen LogP contribution in [0.15, 0.2) is 63.6 Å². The summed E-state index contributed by atoms with van der Waals surface area (Å²) in [7, 11) is 1.58. The van der Waals surface area contributed by atoms with Gasteiger partial charge in [0.25, 0.3) is 5.91 Å². The number of nitrogens with zero attached hydrogens (tertiary/aromatic N) is 1. The van der Waals surface area contributed by atoms with Crippen molar-refractivity contribution in [3.63, 3.8) is 0 Å². The molecule has 0 aliphatic heterocycles. The van der Waals surface area contributed by atoms with Crippen molar-refractivity contribution < 1.29 is 18.8 Å². The highest BCUT2D eigenvalue weighted by Gasteiger charge is 2.13. The second-order valence-corrected chi connectivity index (χ2v) is 6.25. The molecule has 0 saturated heterocycles. The Labute approximate surface area is 159 Å². The van der Waals surface area contributed by atoms with Gasteiger partial charge in [-0.05, 0) is 24.3 Å². The van der Waals surface area contributed by atoms with Crippen molar-refractivity contribution in [3.05, 3.63) is 64.8 Å². The molecule has 0 aliphatic rings. The smallest absolute Gasteiger partial charge is 0.273 e. The Morgan fingerprint density at radius 2 is 1.88 bits per heavy atom. The third-order valence-corrected chi connectivity index (χ3v) is 4.11. The van der Waals surface area contributed by atoms with E-state index >= 15 is 0 Å². The molecule has 0 bridgehead atoms. The van der Waals surface area contributed by atoms with Gasteiger partial charge in [-0.3, -0.25) is 4.79 Å². The molecule has 134 valence electrons. The summed E-state index contributed by atoms with van der Waals surface area (Å²) in [4.78, 5) is 12.2. The number of hydrogen-bond donors (Lipinski definition) is 1. The van der Waals surface area contributed by atoms with Crippen LogP contribution in [-0.2, 0) is 0 Å². The zero-order valence-electron chi connectivity index (χ0n) is 14.1. The molecule has 26 heavy (non-hydrogen) atoms. The standard InChI is InChI=1S/C19H17BrN2O4/c1-24-16-4-2-3-5-17(16)25-11-10-21-19(23)15-12-18(26-22-15)13-6-8-14(20)9-7-13/h2-9,12H,10-11H2,1H3,(H,21,23). The van der Waals surface area contributed by atoms with Gasteiger partial charge >= 0.3 is 0 Å². The van der Waals surface area contributed by atoms with Crippen LogP contribution in [0.5, 0.6) is 11.5 Å². The molecule has 0 atom stereocenters. The number of para-hydroxylation sites is 2. The van der Waals surface area contributed by atoms with E-state index in [9.17, 15) is 4.79 Å². The minimum atomic E-state index is -0.319. The number of benzene rings is 2. The second kappa shape index (κ2) is 8.53. The maximum absolute atomic E-state index is 12.2. The van der Waals surface area contributed by atoms with Crippen molar-refractivity contribution in [1.82, 2.24) is 10.5 Å². The van der Waals surface area contributed by atoms with Gasteiger partial charge in [0.15, 0.2) is 23.0 Å². The Morgan fingerprint density at radius 1 is 1.15 bits per heavy atom. The first-order valence-electron chi connectivity index (χ1n) is 7.94. The van der Waals surface area contributed by atoms with Crippen LogP contribution in [0.2, 0.25) is 0 Å². The number of aromatic nitrogens is 1. The van der Waals surface area contributed by atoms with Gasteiger partial charge in [-0.25, -0.2) is 0 Å². The molecule has 6 nitrogen and oxygen atoms in total. The van der Waals surface area contributed by atoms with Gasteiger partial charge in [0, 0.05) is 16.1 Å². The summed E-state index contributed by atoms with van der Waals surface area (Å²) in [5, 5.41) is 6.57. The van der Waals surface area contributed by atoms with Gasteiger partial charge in [0.2, 0.25) is 0 Å². The van der Waals surface area contributed by atoms with Crippen molar-refractivity contribution in [1.29, 1.82) is 0 Å². The van der Waals surface area contributed by atoms with Gasteiger partial charge in [-0.2, -0.15) is 0 Å². The first kappa shape index (κ1) is 18.0. The van der Waals surface area contributed by atoms with E-state index in [1.54, 1.807) is 13.2 Å². The van der Waals surface area contributed by atoms with E-state index in [1.165, 1.54) is 0 Å². The molecule has 7 heteroatoms. The molecular formula is C19H17BrN2O4. The van der Waals surface area contributed by atoms with Crippen LogP contribution in [0.25, 0.3) is 11.3 Å². The monoisotopic (exact) mass is 416 g/mol. The van der Waals surface area contributed by atoms with E-state index in [0.29, 0.717) is 30.4 Å². The van der Waals surface area contributed by atoms with Crippen molar-refractivity contribution in [3.8, 4) is 22.8 Å². The zero-order chi connectivity index (χ0) is 18.4. The van der Waals surface area contributed by atoms with Crippen LogP contribution in [0.4, 0.5) is 0 Å². The fourth-order valence-corrected chi connectivity index (χ4v) is 2.55. The van der Waals surface area contributed by atoms with Gasteiger partial charge in [-0.1, -0.05) is 45.4 Å². The molecule has 1 heterocycles. The number of methoxy groups -OCH3 is 1. The van der Waals surface area contributed by atoms with Gasteiger partial charge < -0.3 is 19.3 Å². The molecule has 0 saturated carbocycles. The Morgan fingerprint density at radius 3 is 2.62 bits per heavy atom. The number of nitrogens with one attached hydrogen (secondary N) is 1. The molecular weight excluding hydrogens is 400 g/mol. The summed E-state index contributed by atoms with van der Waals surface area (Å²) in [6.45, 7) is 0.640. The molecule has 0 fully saturated rings. The summed E-state index contributed by atoms with van der Waals surface area (Å²) in [5.41, 5.74) is 1.07. The predicted octanol–water partition coefficient (Wildman–Crippen LogP) is 3.92. The molecule has 3 rings (SSSR count). The lowest BCUT2D eigenvalue weighted by Gasteiger charge is -2.10. The van der Waals surface area contributed by atoms with E-state index in [2.05, 4.69) is 26.4 Å².